The van der Waals surface area contributed by atoms with Gasteiger partial charge in [0, 0.05) is 24.1 Å². The van der Waals surface area contributed by atoms with Crippen LogP contribution < -0.4 is 10.6 Å². The molecule has 4 rings (SSSR count). The molecule has 0 saturated heterocycles. The Morgan fingerprint density at radius 2 is 1.94 bits per heavy atom. The molecule has 2 aromatic carbocycles. The lowest BCUT2D eigenvalue weighted by atomic mass is 10.2. The molecule has 0 atom stereocenters. The molecule has 0 aliphatic heterocycles. The molecule has 0 radical (unpaired) electrons. The first-order valence-corrected chi connectivity index (χ1v) is 10.5. The predicted octanol–water partition coefficient (Wildman–Crippen LogP) is 4.59. The lowest BCUT2D eigenvalue weighted by molar-refractivity contribution is -0.117. The molecule has 0 spiro atoms. The van der Waals surface area contributed by atoms with Crippen LogP contribution in [0.2, 0.25) is 10.0 Å². The maximum absolute atomic E-state index is 12.8. The van der Waals surface area contributed by atoms with E-state index in [-0.39, 0.29) is 16.3 Å². The number of nitrogens with one attached hydrogen (secondary N) is 3. The Bertz CT molecular complexity index is 1260. The van der Waals surface area contributed by atoms with E-state index < -0.39 is 11.8 Å². The lowest BCUT2D eigenvalue weighted by Gasteiger charge is -2.11. The van der Waals surface area contributed by atoms with E-state index in [1.807, 2.05) is 24.3 Å². The van der Waals surface area contributed by atoms with Gasteiger partial charge in [-0.25, -0.2) is 4.98 Å². The quantitative estimate of drug-likeness (QED) is 0.345. The number of hydrogen-bond donors (Lipinski definition) is 3. The van der Waals surface area contributed by atoms with Gasteiger partial charge in [0.1, 0.15) is 17.3 Å². The van der Waals surface area contributed by atoms with Crippen molar-refractivity contribution in [1.82, 2.24) is 20.6 Å². The van der Waals surface area contributed by atoms with Crippen LogP contribution in [-0.2, 0) is 11.2 Å². The first-order chi connectivity index (χ1) is 15.5. The smallest absolute Gasteiger partial charge is 0.267 e. The van der Waals surface area contributed by atoms with Gasteiger partial charge in [-0.2, -0.15) is 0 Å². The summed E-state index contributed by atoms with van der Waals surface area (Å²) in [5.41, 5.74) is 2.00. The molecule has 2 amide bonds. The van der Waals surface area contributed by atoms with Crippen molar-refractivity contribution in [2.24, 2.45) is 0 Å². The third-order valence-electron chi connectivity index (χ3n) is 4.58. The zero-order valence-electron chi connectivity index (χ0n) is 16.7. The Kier molecular flexibility index (Phi) is 6.58. The van der Waals surface area contributed by atoms with E-state index >= 15 is 0 Å². The van der Waals surface area contributed by atoms with Crippen molar-refractivity contribution in [2.75, 3.05) is 6.54 Å². The standard InChI is InChI=1S/C23H18Cl2N4O3/c24-14-7-8-16(17(25)12-14)22(30)29-20(13-15-4-3-11-32-15)23(31)26-10-9-21-27-18-5-1-2-6-19(18)28-21/h1-8,11-13H,9-10H2,(H,26,31)(H,27,28)(H,29,30)/b20-13-. The summed E-state index contributed by atoms with van der Waals surface area (Å²) in [4.78, 5) is 33.2. The minimum atomic E-state index is -0.545. The fourth-order valence-corrected chi connectivity index (χ4v) is 3.55. The number of aromatic nitrogens is 2. The number of imidazole rings is 1. The Labute approximate surface area is 193 Å². The van der Waals surface area contributed by atoms with Crippen molar-refractivity contribution in [1.29, 1.82) is 0 Å². The van der Waals surface area contributed by atoms with Crippen LogP contribution in [0.5, 0.6) is 0 Å². The number of nitrogens with zero attached hydrogens (tertiary/aromatic N) is 1. The molecule has 0 bridgehead atoms. The summed E-state index contributed by atoms with van der Waals surface area (Å²) < 4.78 is 5.28. The van der Waals surface area contributed by atoms with Crippen LogP contribution in [0.1, 0.15) is 21.9 Å². The number of halogens is 2. The van der Waals surface area contributed by atoms with Crippen molar-refractivity contribution >= 4 is 52.1 Å². The monoisotopic (exact) mass is 468 g/mol. The summed E-state index contributed by atoms with van der Waals surface area (Å²) in [6, 6.07) is 15.5. The van der Waals surface area contributed by atoms with Crippen LogP contribution in [0.3, 0.4) is 0 Å². The highest BCUT2D eigenvalue weighted by molar-refractivity contribution is 6.36. The molecule has 2 heterocycles. The molecule has 2 aromatic heterocycles. The Hall–Kier alpha value is -3.55. The number of carbonyl (C=O) groups excluding carboxylic acids is 2. The van der Waals surface area contributed by atoms with E-state index in [1.165, 1.54) is 24.5 Å². The summed E-state index contributed by atoms with van der Waals surface area (Å²) in [5, 5.41) is 5.97. The molecule has 0 aliphatic carbocycles. The second-order valence-electron chi connectivity index (χ2n) is 6.86. The molecule has 0 aliphatic rings. The number of furan rings is 1. The van der Waals surface area contributed by atoms with Crippen molar-refractivity contribution in [3.63, 3.8) is 0 Å². The molecular weight excluding hydrogens is 451 g/mol. The Morgan fingerprint density at radius 1 is 1.09 bits per heavy atom. The van der Waals surface area contributed by atoms with E-state index in [0.717, 1.165) is 16.9 Å². The zero-order chi connectivity index (χ0) is 22.5. The van der Waals surface area contributed by atoms with Gasteiger partial charge in [-0.1, -0.05) is 35.3 Å². The van der Waals surface area contributed by atoms with Crippen LogP contribution >= 0.6 is 23.2 Å². The van der Waals surface area contributed by atoms with Crippen LogP contribution in [-0.4, -0.2) is 28.3 Å². The molecule has 32 heavy (non-hydrogen) atoms. The summed E-state index contributed by atoms with van der Waals surface area (Å²) in [7, 11) is 0. The minimum absolute atomic E-state index is 0.0144. The van der Waals surface area contributed by atoms with Gasteiger partial charge in [-0.15, -0.1) is 0 Å². The number of amides is 2. The Morgan fingerprint density at radius 3 is 2.69 bits per heavy atom. The molecule has 4 aromatic rings. The number of fused-ring (bicyclic) bond motifs is 1. The van der Waals surface area contributed by atoms with Gasteiger partial charge in [0.15, 0.2) is 0 Å². The molecule has 0 unspecified atom stereocenters. The molecular formula is C23H18Cl2N4O3. The van der Waals surface area contributed by atoms with Gasteiger partial charge < -0.3 is 20.0 Å². The van der Waals surface area contributed by atoms with Crippen LogP contribution in [0.15, 0.2) is 71.0 Å². The topological polar surface area (TPSA) is 100 Å². The maximum Gasteiger partial charge on any atom is 0.267 e. The molecule has 7 nitrogen and oxygen atoms in total. The highest BCUT2D eigenvalue weighted by atomic mass is 35.5. The van der Waals surface area contributed by atoms with E-state index in [0.29, 0.717) is 23.7 Å². The molecule has 0 fully saturated rings. The highest BCUT2D eigenvalue weighted by Gasteiger charge is 2.17. The van der Waals surface area contributed by atoms with E-state index in [9.17, 15) is 9.59 Å². The summed E-state index contributed by atoms with van der Waals surface area (Å²) >= 11 is 12.0. The zero-order valence-corrected chi connectivity index (χ0v) is 18.2. The second kappa shape index (κ2) is 9.72. The van der Waals surface area contributed by atoms with Crippen molar-refractivity contribution in [3.8, 4) is 0 Å². The highest BCUT2D eigenvalue weighted by Crippen LogP contribution is 2.21. The number of carbonyl (C=O) groups is 2. The summed E-state index contributed by atoms with van der Waals surface area (Å²) in [5.74, 6) is 0.142. The van der Waals surface area contributed by atoms with Crippen molar-refractivity contribution in [2.45, 2.75) is 6.42 Å². The number of hydrogen-bond acceptors (Lipinski definition) is 4. The number of H-pyrrole nitrogens is 1. The number of para-hydroxylation sites is 2. The average molecular weight is 469 g/mol. The van der Waals surface area contributed by atoms with Gasteiger partial charge in [-0.05, 0) is 42.5 Å². The predicted molar refractivity (Wildman–Crippen MR) is 123 cm³/mol. The van der Waals surface area contributed by atoms with Gasteiger partial charge in [0.2, 0.25) is 0 Å². The first-order valence-electron chi connectivity index (χ1n) is 9.73. The molecule has 162 valence electrons. The molecule has 9 heteroatoms. The second-order valence-corrected chi connectivity index (χ2v) is 7.70. The Balaban J connectivity index is 1.45. The van der Waals surface area contributed by atoms with Crippen LogP contribution in [0.25, 0.3) is 17.1 Å². The van der Waals surface area contributed by atoms with Gasteiger partial charge >= 0.3 is 0 Å². The fraction of sp³-hybridized carbons (Fsp3) is 0.0870. The summed E-state index contributed by atoms with van der Waals surface area (Å²) in [6.07, 6.45) is 3.41. The maximum atomic E-state index is 12.8. The van der Waals surface area contributed by atoms with Crippen LogP contribution in [0.4, 0.5) is 0 Å². The number of aromatic amines is 1. The molecule has 3 N–H and O–H groups in total. The lowest BCUT2D eigenvalue weighted by Crippen LogP contribution is -2.36. The van der Waals surface area contributed by atoms with Gasteiger partial charge in [0.25, 0.3) is 11.8 Å². The number of benzene rings is 2. The van der Waals surface area contributed by atoms with Gasteiger partial charge in [-0.3, -0.25) is 9.59 Å². The third kappa shape index (κ3) is 5.19. The molecule has 0 saturated carbocycles. The largest absolute Gasteiger partial charge is 0.465 e. The van der Waals surface area contributed by atoms with E-state index in [2.05, 4.69) is 20.6 Å². The number of rotatable bonds is 7. The fourth-order valence-electron chi connectivity index (χ4n) is 3.05. The SMILES string of the molecule is O=C(NCCc1nc2ccccc2[nH]1)/C(=C/c1ccco1)NC(=O)c1ccc(Cl)cc1Cl. The van der Waals surface area contributed by atoms with Crippen molar-refractivity contribution in [3.05, 3.63) is 93.8 Å². The van der Waals surface area contributed by atoms with Crippen molar-refractivity contribution < 1.29 is 14.0 Å². The average Bonchev–Trinajstić information content (AvgIpc) is 3.42. The first kappa shape index (κ1) is 21.7. The van der Waals surface area contributed by atoms with Crippen LogP contribution in [0, 0.1) is 0 Å². The third-order valence-corrected chi connectivity index (χ3v) is 5.13. The summed E-state index contributed by atoms with van der Waals surface area (Å²) in [6.45, 7) is 0.311. The van der Waals surface area contributed by atoms with E-state index in [4.69, 9.17) is 27.6 Å². The van der Waals surface area contributed by atoms with E-state index in [1.54, 1.807) is 18.2 Å². The van der Waals surface area contributed by atoms with Gasteiger partial charge in [0.05, 0.1) is 27.9 Å². The normalized spacial score (nSPS) is 11.5. The minimum Gasteiger partial charge on any atom is -0.465 e.